The van der Waals surface area contributed by atoms with Gasteiger partial charge in [-0.1, -0.05) is 12.1 Å². The van der Waals surface area contributed by atoms with Crippen LogP contribution in [0.1, 0.15) is 19.3 Å². The smallest absolute Gasteiger partial charge is 0.261 e. The largest absolute Gasteiger partial charge is 0.376 e. The summed E-state index contributed by atoms with van der Waals surface area (Å²) < 4.78 is 6.93. The zero-order valence-electron chi connectivity index (χ0n) is 12.3. The molecule has 0 bridgehead atoms. The first kappa shape index (κ1) is 14.7. The average molecular weight is 301 g/mol. The van der Waals surface area contributed by atoms with Crippen molar-refractivity contribution in [3.05, 3.63) is 40.9 Å². The van der Waals surface area contributed by atoms with Crippen LogP contribution in [-0.4, -0.2) is 34.7 Å². The molecule has 6 heteroatoms. The number of rotatable bonds is 5. The maximum atomic E-state index is 12.3. The second-order valence-electron chi connectivity index (χ2n) is 5.45. The van der Waals surface area contributed by atoms with Crippen molar-refractivity contribution in [2.45, 2.75) is 31.9 Å². The zero-order valence-corrected chi connectivity index (χ0v) is 12.3. The van der Waals surface area contributed by atoms with Gasteiger partial charge in [-0.3, -0.25) is 14.2 Å². The Bertz CT molecular complexity index is 720. The fourth-order valence-electron chi connectivity index (χ4n) is 2.61. The highest BCUT2D eigenvalue weighted by atomic mass is 16.5. The molecule has 1 atom stereocenters. The Labute approximate surface area is 128 Å². The van der Waals surface area contributed by atoms with Crippen molar-refractivity contribution >= 4 is 16.8 Å². The van der Waals surface area contributed by atoms with Gasteiger partial charge in [0.05, 0.1) is 23.3 Å². The third-order valence-electron chi connectivity index (χ3n) is 3.86. The number of carbonyl (C=O) groups excluding carboxylic acids is 1. The summed E-state index contributed by atoms with van der Waals surface area (Å²) in [4.78, 5) is 28.4. The molecule has 1 saturated heterocycles. The van der Waals surface area contributed by atoms with Gasteiger partial charge in [0.15, 0.2) is 0 Å². The Balaban J connectivity index is 1.58. The van der Waals surface area contributed by atoms with Crippen LogP contribution >= 0.6 is 0 Å². The Morgan fingerprint density at radius 1 is 1.41 bits per heavy atom. The molecule has 1 N–H and O–H groups in total. The first-order valence-electron chi connectivity index (χ1n) is 7.56. The topological polar surface area (TPSA) is 73.2 Å². The molecule has 1 fully saturated rings. The van der Waals surface area contributed by atoms with Crippen molar-refractivity contribution in [1.82, 2.24) is 14.9 Å². The number of carbonyl (C=O) groups is 1. The summed E-state index contributed by atoms with van der Waals surface area (Å²) in [7, 11) is 0. The van der Waals surface area contributed by atoms with Crippen molar-refractivity contribution in [3.8, 4) is 0 Å². The van der Waals surface area contributed by atoms with Gasteiger partial charge < -0.3 is 10.1 Å². The number of amides is 1. The van der Waals surface area contributed by atoms with E-state index in [0.29, 0.717) is 24.0 Å². The van der Waals surface area contributed by atoms with Crippen LogP contribution in [0.25, 0.3) is 10.9 Å². The average Bonchev–Trinajstić information content (AvgIpc) is 3.06. The van der Waals surface area contributed by atoms with E-state index in [2.05, 4.69) is 10.3 Å². The SMILES string of the molecule is O=C(CCn1cnc2ccccc2c1=O)NC[C@@H]1CCCO1. The van der Waals surface area contributed by atoms with Crippen LogP contribution < -0.4 is 10.9 Å². The summed E-state index contributed by atoms with van der Waals surface area (Å²) >= 11 is 0. The van der Waals surface area contributed by atoms with Gasteiger partial charge in [-0.05, 0) is 25.0 Å². The third-order valence-corrected chi connectivity index (χ3v) is 3.86. The van der Waals surface area contributed by atoms with E-state index in [0.717, 1.165) is 19.4 Å². The third kappa shape index (κ3) is 3.33. The van der Waals surface area contributed by atoms with E-state index in [1.165, 1.54) is 10.9 Å². The highest BCUT2D eigenvalue weighted by Crippen LogP contribution is 2.10. The second kappa shape index (κ2) is 6.70. The van der Waals surface area contributed by atoms with E-state index in [9.17, 15) is 9.59 Å². The molecule has 0 saturated carbocycles. The minimum absolute atomic E-state index is 0.0736. The lowest BCUT2D eigenvalue weighted by atomic mass is 10.2. The lowest BCUT2D eigenvalue weighted by Gasteiger charge is -2.11. The zero-order chi connectivity index (χ0) is 15.4. The monoisotopic (exact) mass is 301 g/mol. The Morgan fingerprint density at radius 2 is 2.27 bits per heavy atom. The normalized spacial score (nSPS) is 17.7. The van der Waals surface area contributed by atoms with Gasteiger partial charge in [0, 0.05) is 26.1 Å². The molecule has 0 radical (unpaired) electrons. The Morgan fingerprint density at radius 3 is 3.09 bits per heavy atom. The van der Waals surface area contributed by atoms with Crippen LogP contribution in [-0.2, 0) is 16.1 Å². The molecule has 1 aromatic heterocycles. The van der Waals surface area contributed by atoms with E-state index in [-0.39, 0.29) is 24.0 Å². The van der Waals surface area contributed by atoms with Crippen LogP contribution in [0.15, 0.2) is 35.4 Å². The lowest BCUT2D eigenvalue weighted by Crippen LogP contribution is -2.33. The predicted octanol–water partition coefficient (Wildman–Crippen LogP) is 1.08. The van der Waals surface area contributed by atoms with E-state index in [4.69, 9.17) is 4.74 Å². The van der Waals surface area contributed by atoms with Crippen molar-refractivity contribution in [3.63, 3.8) is 0 Å². The van der Waals surface area contributed by atoms with Crippen LogP contribution in [0, 0.1) is 0 Å². The first-order chi connectivity index (χ1) is 10.7. The van der Waals surface area contributed by atoms with Crippen LogP contribution in [0.2, 0.25) is 0 Å². The number of fused-ring (bicyclic) bond motifs is 1. The first-order valence-corrected chi connectivity index (χ1v) is 7.56. The molecular weight excluding hydrogens is 282 g/mol. The molecule has 1 aliphatic rings. The summed E-state index contributed by atoms with van der Waals surface area (Å²) in [6.45, 7) is 1.65. The number of aromatic nitrogens is 2. The molecule has 2 heterocycles. The minimum atomic E-state index is -0.113. The summed E-state index contributed by atoms with van der Waals surface area (Å²) in [5.74, 6) is -0.0736. The molecule has 116 valence electrons. The fraction of sp³-hybridized carbons (Fsp3) is 0.438. The maximum absolute atomic E-state index is 12.3. The van der Waals surface area contributed by atoms with Gasteiger partial charge >= 0.3 is 0 Å². The number of ether oxygens (including phenoxy) is 1. The number of hydrogen-bond donors (Lipinski definition) is 1. The van der Waals surface area contributed by atoms with Crippen molar-refractivity contribution in [1.29, 1.82) is 0 Å². The molecule has 1 aliphatic heterocycles. The van der Waals surface area contributed by atoms with Gasteiger partial charge in [0.1, 0.15) is 0 Å². The molecule has 2 aromatic rings. The molecular formula is C16H19N3O3. The number of nitrogens with one attached hydrogen (secondary N) is 1. The minimum Gasteiger partial charge on any atom is -0.376 e. The quantitative estimate of drug-likeness (QED) is 0.897. The highest BCUT2D eigenvalue weighted by Gasteiger charge is 2.16. The number of para-hydroxylation sites is 1. The lowest BCUT2D eigenvalue weighted by molar-refractivity contribution is -0.121. The van der Waals surface area contributed by atoms with E-state index in [1.54, 1.807) is 12.1 Å². The van der Waals surface area contributed by atoms with E-state index in [1.807, 2.05) is 12.1 Å². The predicted molar refractivity (Wildman–Crippen MR) is 82.6 cm³/mol. The standard InChI is InChI=1S/C16H19N3O3/c20-15(17-10-12-4-3-9-22-12)7-8-19-11-18-14-6-2-1-5-13(14)16(19)21/h1-2,5-6,11-12H,3-4,7-10H2,(H,17,20)/t12-/m0/s1. The molecule has 0 aliphatic carbocycles. The fourth-order valence-corrected chi connectivity index (χ4v) is 2.61. The molecule has 0 spiro atoms. The van der Waals surface area contributed by atoms with Gasteiger partial charge in [-0.25, -0.2) is 4.98 Å². The van der Waals surface area contributed by atoms with E-state index >= 15 is 0 Å². The summed E-state index contributed by atoms with van der Waals surface area (Å²) in [6, 6.07) is 7.20. The van der Waals surface area contributed by atoms with Gasteiger partial charge in [-0.15, -0.1) is 0 Å². The van der Waals surface area contributed by atoms with Gasteiger partial charge in [0.25, 0.3) is 5.56 Å². The molecule has 3 rings (SSSR count). The second-order valence-corrected chi connectivity index (χ2v) is 5.45. The van der Waals surface area contributed by atoms with Crippen LogP contribution in [0.5, 0.6) is 0 Å². The molecule has 1 aromatic carbocycles. The number of benzene rings is 1. The number of nitrogens with zero attached hydrogens (tertiary/aromatic N) is 2. The van der Waals surface area contributed by atoms with Crippen LogP contribution in [0.3, 0.4) is 0 Å². The van der Waals surface area contributed by atoms with Gasteiger partial charge in [0.2, 0.25) is 5.91 Å². The summed E-state index contributed by atoms with van der Waals surface area (Å²) in [5.41, 5.74) is 0.559. The number of aryl methyl sites for hydroxylation is 1. The van der Waals surface area contributed by atoms with Crippen molar-refractivity contribution in [2.24, 2.45) is 0 Å². The van der Waals surface area contributed by atoms with Crippen molar-refractivity contribution in [2.75, 3.05) is 13.2 Å². The Hall–Kier alpha value is -2.21. The Kier molecular flexibility index (Phi) is 4.48. The highest BCUT2D eigenvalue weighted by molar-refractivity contribution is 5.77. The molecule has 6 nitrogen and oxygen atoms in total. The molecule has 0 unspecified atom stereocenters. The van der Waals surface area contributed by atoms with Crippen LogP contribution in [0.4, 0.5) is 0 Å². The van der Waals surface area contributed by atoms with Crippen molar-refractivity contribution < 1.29 is 9.53 Å². The summed E-state index contributed by atoms with van der Waals surface area (Å²) in [6.07, 6.45) is 3.94. The summed E-state index contributed by atoms with van der Waals surface area (Å²) in [5, 5.41) is 3.43. The van der Waals surface area contributed by atoms with Gasteiger partial charge in [-0.2, -0.15) is 0 Å². The van der Waals surface area contributed by atoms with E-state index < -0.39 is 0 Å². The molecule has 22 heavy (non-hydrogen) atoms. The molecule has 1 amide bonds. The maximum Gasteiger partial charge on any atom is 0.261 e. The number of hydrogen-bond acceptors (Lipinski definition) is 4.